The fraction of sp³-hybridized carbons (Fsp3) is 0.200. The number of benzene rings is 2. The van der Waals surface area contributed by atoms with Crippen LogP contribution in [0.15, 0.2) is 53.4 Å². The second-order valence-electron chi connectivity index (χ2n) is 4.89. The molecule has 2 rings (SSSR count). The summed E-state index contributed by atoms with van der Waals surface area (Å²) in [7, 11) is -3.17. The van der Waals surface area contributed by atoms with E-state index in [9.17, 15) is 8.42 Å². The van der Waals surface area contributed by atoms with Crippen molar-refractivity contribution in [1.82, 2.24) is 5.43 Å². The lowest BCUT2D eigenvalue weighted by Gasteiger charge is -2.17. The molecule has 0 aliphatic rings. The van der Waals surface area contributed by atoms with Crippen LogP contribution >= 0.6 is 22.6 Å². The summed E-state index contributed by atoms with van der Waals surface area (Å²) in [5.74, 6) is 5.64. The molecule has 1 unspecified atom stereocenters. The summed E-state index contributed by atoms with van der Waals surface area (Å²) in [5, 5.41) is 0. The zero-order valence-electron chi connectivity index (χ0n) is 11.6. The third-order valence-electron chi connectivity index (χ3n) is 3.26. The minimum atomic E-state index is -3.17. The molecule has 6 heteroatoms. The largest absolute Gasteiger partial charge is 0.271 e. The topological polar surface area (TPSA) is 72.2 Å². The summed E-state index contributed by atoms with van der Waals surface area (Å²) >= 11 is 2.26. The van der Waals surface area contributed by atoms with Gasteiger partial charge in [0.1, 0.15) is 0 Å². The molecule has 2 aromatic rings. The van der Waals surface area contributed by atoms with Crippen LogP contribution in [0.4, 0.5) is 0 Å². The number of hydrazine groups is 1. The zero-order chi connectivity index (χ0) is 15.5. The van der Waals surface area contributed by atoms with E-state index in [1.165, 1.54) is 15.4 Å². The van der Waals surface area contributed by atoms with Crippen molar-refractivity contribution >= 4 is 32.4 Å². The molecule has 0 aliphatic heterocycles. The molecule has 0 heterocycles. The number of nitrogens with one attached hydrogen (secondary N) is 1. The summed E-state index contributed by atoms with van der Waals surface area (Å²) in [6, 6.07) is 15.0. The van der Waals surface area contributed by atoms with Crippen LogP contribution in [0.2, 0.25) is 0 Å². The van der Waals surface area contributed by atoms with E-state index < -0.39 is 9.84 Å². The summed E-state index contributed by atoms with van der Waals surface area (Å²) in [5.41, 5.74) is 4.92. The molecule has 4 nitrogen and oxygen atoms in total. The quantitative estimate of drug-likeness (QED) is 0.446. The van der Waals surface area contributed by atoms with Crippen LogP contribution in [-0.2, 0) is 16.3 Å². The maximum atomic E-state index is 11.5. The summed E-state index contributed by atoms with van der Waals surface area (Å²) in [6.45, 7) is 0. The molecule has 0 bridgehead atoms. The number of rotatable bonds is 5. The van der Waals surface area contributed by atoms with E-state index in [-0.39, 0.29) is 6.04 Å². The van der Waals surface area contributed by atoms with Crippen molar-refractivity contribution in [3.05, 3.63) is 63.2 Å². The average molecular weight is 416 g/mol. The summed E-state index contributed by atoms with van der Waals surface area (Å²) < 4.78 is 24.1. The van der Waals surface area contributed by atoms with Crippen molar-refractivity contribution in [2.75, 3.05) is 6.26 Å². The second-order valence-corrected chi connectivity index (χ2v) is 8.15. The van der Waals surface area contributed by atoms with Crippen LogP contribution in [0.5, 0.6) is 0 Å². The molecule has 1 atom stereocenters. The molecule has 2 aromatic carbocycles. The first-order valence-corrected chi connectivity index (χ1v) is 9.38. The van der Waals surface area contributed by atoms with Gasteiger partial charge >= 0.3 is 0 Å². The first-order valence-electron chi connectivity index (χ1n) is 6.41. The normalized spacial score (nSPS) is 13.1. The summed E-state index contributed by atoms with van der Waals surface area (Å²) in [4.78, 5) is 0.316. The highest BCUT2D eigenvalue weighted by molar-refractivity contribution is 14.1. The Morgan fingerprint density at radius 3 is 2.14 bits per heavy atom. The Kier molecular flexibility index (Phi) is 5.37. The Balaban J connectivity index is 2.19. The lowest BCUT2D eigenvalue weighted by molar-refractivity contribution is 0.551. The van der Waals surface area contributed by atoms with Crippen LogP contribution in [0.1, 0.15) is 17.2 Å². The number of hydrogen-bond acceptors (Lipinski definition) is 4. The van der Waals surface area contributed by atoms with Crippen LogP contribution < -0.4 is 11.3 Å². The Hall–Kier alpha value is -0.960. The Morgan fingerprint density at radius 1 is 1.10 bits per heavy atom. The molecule has 112 valence electrons. The first kappa shape index (κ1) is 16.4. The molecule has 0 radical (unpaired) electrons. The average Bonchev–Trinajstić information content (AvgIpc) is 2.46. The van der Waals surface area contributed by atoms with Gasteiger partial charge < -0.3 is 0 Å². The Morgan fingerprint density at radius 2 is 1.67 bits per heavy atom. The van der Waals surface area contributed by atoms with E-state index in [1.807, 2.05) is 0 Å². The van der Waals surface area contributed by atoms with Crippen molar-refractivity contribution < 1.29 is 8.42 Å². The molecular formula is C15H17IN2O2S. The molecule has 0 spiro atoms. The maximum Gasteiger partial charge on any atom is 0.175 e. The molecule has 0 saturated carbocycles. The highest BCUT2D eigenvalue weighted by atomic mass is 127. The SMILES string of the molecule is CS(=O)(=O)c1ccc(C(Cc2ccc(I)cc2)NN)cc1. The number of hydrogen-bond donors (Lipinski definition) is 2. The van der Waals surface area contributed by atoms with E-state index in [0.29, 0.717) is 4.90 Å². The van der Waals surface area contributed by atoms with Gasteiger partial charge in [0.25, 0.3) is 0 Å². The van der Waals surface area contributed by atoms with Crippen molar-refractivity contribution in [2.24, 2.45) is 5.84 Å². The lowest BCUT2D eigenvalue weighted by atomic mass is 9.99. The van der Waals surface area contributed by atoms with Crippen molar-refractivity contribution in [3.8, 4) is 0 Å². The van der Waals surface area contributed by atoms with E-state index in [2.05, 4.69) is 52.3 Å². The Bertz CT molecular complexity index is 697. The molecule has 21 heavy (non-hydrogen) atoms. The maximum absolute atomic E-state index is 11.5. The van der Waals surface area contributed by atoms with Crippen LogP contribution in [0.3, 0.4) is 0 Å². The molecular weight excluding hydrogens is 399 g/mol. The standard InChI is InChI=1S/C15H17IN2O2S/c1-21(19,20)14-8-4-12(5-9-14)15(18-17)10-11-2-6-13(16)7-3-11/h2-9,15,18H,10,17H2,1H3. The number of sulfone groups is 1. The van der Waals surface area contributed by atoms with Gasteiger partial charge in [0.15, 0.2) is 9.84 Å². The highest BCUT2D eigenvalue weighted by Gasteiger charge is 2.12. The van der Waals surface area contributed by atoms with Gasteiger partial charge in [-0.15, -0.1) is 0 Å². The highest BCUT2D eigenvalue weighted by Crippen LogP contribution is 2.20. The minimum absolute atomic E-state index is 0.0568. The van der Waals surface area contributed by atoms with Crippen LogP contribution in [0.25, 0.3) is 0 Å². The first-order chi connectivity index (χ1) is 9.90. The molecule has 0 fully saturated rings. The number of nitrogens with two attached hydrogens (primary N) is 1. The van der Waals surface area contributed by atoms with E-state index >= 15 is 0 Å². The molecule has 0 aromatic heterocycles. The van der Waals surface area contributed by atoms with Gasteiger partial charge in [-0.05, 0) is 64.4 Å². The van der Waals surface area contributed by atoms with Crippen LogP contribution in [0, 0.1) is 3.57 Å². The summed E-state index contributed by atoms with van der Waals surface area (Å²) in [6.07, 6.45) is 1.94. The molecule has 3 N–H and O–H groups in total. The van der Waals surface area contributed by atoms with E-state index in [0.717, 1.165) is 12.0 Å². The fourth-order valence-corrected chi connectivity index (χ4v) is 3.07. The minimum Gasteiger partial charge on any atom is -0.271 e. The molecule has 0 saturated heterocycles. The second kappa shape index (κ2) is 6.87. The van der Waals surface area contributed by atoms with Gasteiger partial charge in [-0.3, -0.25) is 11.3 Å². The van der Waals surface area contributed by atoms with Crippen molar-refractivity contribution in [3.63, 3.8) is 0 Å². The van der Waals surface area contributed by atoms with Gasteiger partial charge in [0.05, 0.1) is 4.90 Å². The Labute approximate surface area is 138 Å². The monoisotopic (exact) mass is 416 g/mol. The smallest absolute Gasteiger partial charge is 0.175 e. The zero-order valence-corrected chi connectivity index (χ0v) is 14.6. The molecule has 0 amide bonds. The third-order valence-corrected chi connectivity index (χ3v) is 5.11. The number of halogens is 1. The van der Waals surface area contributed by atoms with Crippen molar-refractivity contribution in [2.45, 2.75) is 17.4 Å². The predicted molar refractivity (Wildman–Crippen MR) is 92.5 cm³/mol. The third kappa shape index (κ3) is 4.50. The van der Waals surface area contributed by atoms with Crippen molar-refractivity contribution in [1.29, 1.82) is 0 Å². The van der Waals surface area contributed by atoms with Gasteiger partial charge in [0.2, 0.25) is 0 Å². The fourth-order valence-electron chi connectivity index (χ4n) is 2.08. The van der Waals surface area contributed by atoms with Gasteiger partial charge in [0, 0.05) is 15.9 Å². The predicted octanol–water partition coefficient (Wildman–Crippen LogP) is 2.44. The van der Waals surface area contributed by atoms with Gasteiger partial charge in [-0.2, -0.15) is 0 Å². The van der Waals surface area contributed by atoms with Crippen LogP contribution in [-0.4, -0.2) is 14.7 Å². The lowest BCUT2D eigenvalue weighted by Crippen LogP contribution is -2.29. The van der Waals surface area contributed by atoms with Gasteiger partial charge in [-0.1, -0.05) is 24.3 Å². The van der Waals surface area contributed by atoms with E-state index in [4.69, 9.17) is 5.84 Å². The van der Waals surface area contributed by atoms with Gasteiger partial charge in [-0.25, -0.2) is 8.42 Å². The van der Waals surface area contributed by atoms with E-state index in [1.54, 1.807) is 24.3 Å². The molecule has 0 aliphatic carbocycles.